The quantitative estimate of drug-likeness (QED) is 0.141. The average molecular weight is 281 g/mol. The molecule has 4 atom stereocenters. The van der Waals surface area contributed by atoms with Gasteiger partial charge in [0.2, 0.25) is 0 Å². The summed E-state index contributed by atoms with van der Waals surface area (Å²) < 4.78 is 0. The van der Waals surface area contributed by atoms with E-state index in [0.717, 1.165) is 0 Å². The van der Waals surface area contributed by atoms with Crippen LogP contribution in [0.3, 0.4) is 0 Å². The zero-order valence-corrected chi connectivity index (χ0v) is 12.0. The van der Waals surface area contributed by atoms with Crippen molar-refractivity contribution in [3.63, 3.8) is 0 Å². The van der Waals surface area contributed by atoms with E-state index in [9.17, 15) is 4.79 Å². The molecule has 0 saturated heterocycles. The maximum absolute atomic E-state index is 9.90. The summed E-state index contributed by atoms with van der Waals surface area (Å²) >= 11 is 0. The molecule has 0 aromatic heterocycles. The second kappa shape index (κ2) is 12.8. The second-order valence-corrected chi connectivity index (χ2v) is 2.58. The van der Waals surface area contributed by atoms with Gasteiger partial charge in [-0.05, 0) is 0 Å². The fourth-order valence-corrected chi connectivity index (χ4v) is 0.618. The summed E-state index contributed by atoms with van der Waals surface area (Å²) in [7, 11) is 0. The molecule has 0 spiro atoms. The predicted molar refractivity (Wildman–Crippen MR) is 47.5 cm³/mol. The van der Waals surface area contributed by atoms with E-state index in [2.05, 4.69) is 0 Å². The minimum absolute atomic E-state index is 0. The summed E-state index contributed by atoms with van der Waals surface area (Å²) in [6.45, 7) is -0.760. The zero-order chi connectivity index (χ0) is 13.3. The maximum atomic E-state index is 9.90. The summed E-state index contributed by atoms with van der Waals surface area (Å²) in [5.74, 6) is 0. The Labute approximate surface area is 138 Å². The van der Waals surface area contributed by atoms with Crippen molar-refractivity contribution in [1.82, 2.24) is 0 Å². The van der Waals surface area contributed by atoms with Crippen LogP contribution in [-0.4, -0.2) is 67.9 Å². The summed E-state index contributed by atoms with van der Waals surface area (Å²) in [5, 5.41) is 58.3. The van der Waals surface area contributed by atoms with E-state index in [4.69, 9.17) is 40.9 Å². The van der Waals surface area contributed by atoms with Crippen molar-refractivity contribution in [3.8, 4) is 0 Å². The monoisotopic (exact) mass is 281 g/mol. The van der Waals surface area contributed by atoms with Gasteiger partial charge < -0.3 is 45.6 Å². The molecule has 0 aliphatic carbocycles. The molecule has 0 heterocycles. The molecular formula is C6H12KNO9. The molecule has 17 heavy (non-hydrogen) atoms. The Morgan fingerprint density at radius 3 is 1.71 bits per heavy atom. The Balaban J connectivity index is -0.000000340. The van der Waals surface area contributed by atoms with Crippen molar-refractivity contribution >= 4 is 6.29 Å². The number of carbonyl (C=O) groups excluding carboxylic acids is 1. The van der Waals surface area contributed by atoms with Gasteiger partial charge in [0.1, 0.15) is 24.4 Å². The third kappa shape index (κ3) is 12.6. The van der Waals surface area contributed by atoms with Gasteiger partial charge in [-0.15, -0.1) is 0 Å². The van der Waals surface area contributed by atoms with E-state index < -0.39 is 36.1 Å². The van der Waals surface area contributed by atoms with E-state index in [-0.39, 0.29) is 57.7 Å². The van der Waals surface area contributed by atoms with E-state index in [0.29, 0.717) is 0 Å². The first-order chi connectivity index (χ1) is 7.27. The van der Waals surface area contributed by atoms with E-state index in [1.807, 2.05) is 0 Å². The van der Waals surface area contributed by atoms with Crippen molar-refractivity contribution in [1.29, 1.82) is 0 Å². The zero-order valence-electron chi connectivity index (χ0n) is 8.91. The minimum Gasteiger partial charge on any atom is -0.394 e. The van der Waals surface area contributed by atoms with Crippen LogP contribution in [0, 0.1) is 15.3 Å². The van der Waals surface area contributed by atoms with Gasteiger partial charge in [0.15, 0.2) is 6.29 Å². The molecule has 0 fully saturated rings. The average Bonchev–Trinajstić information content (AvgIpc) is 2.24. The molecule has 0 amide bonds. The molecule has 0 saturated carbocycles. The topological polar surface area (TPSA) is 184 Å². The molecule has 0 aliphatic heterocycles. The number of hydrogen-bond acceptors (Lipinski definition) is 9. The molecule has 0 aromatic rings. The molecule has 5 N–H and O–H groups in total. The van der Waals surface area contributed by atoms with Crippen LogP contribution in [0.5, 0.6) is 0 Å². The van der Waals surface area contributed by atoms with Crippen LogP contribution in [-0.2, 0) is 4.79 Å². The smallest absolute Gasteiger partial charge is 0.394 e. The fourth-order valence-electron chi connectivity index (χ4n) is 0.618. The molecule has 96 valence electrons. The minimum atomic E-state index is -1.79. The van der Waals surface area contributed by atoms with Crippen molar-refractivity contribution < 1.29 is 86.8 Å². The molecule has 0 unspecified atom stereocenters. The third-order valence-electron chi connectivity index (χ3n) is 1.42. The molecule has 0 aromatic carbocycles. The summed E-state index contributed by atoms with van der Waals surface area (Å²) in [6.07, 6.45) is -6.84. The van der Waals surface area contributed by atoms with Crippen LogP contribution in [0.25, 0.3) is 0 Å². The van der Waals surface area contributed by atoms with E-state index in [1.54, 1.807) is 0 Å². The summed E-state index contributed by atoms with van der Waals surface area (Å²) in [5.41, 5.74) is 0. The van der Waals surface area contributed by atoms with Crippen LogP contribution in [0.15, 0.2) is 0 Å². The van der Waals surface area contributed by atoms with Gasteiger partial charge in [-0.25, -0.2) is 0 Å². The molecule has 0 rings (SSSR count). The first-order valence-corrected chi connectivity index (χ1v) is 3.87. The molecule has 0 bridgehead atoms. The van der Waals surface area contributed by atoms with Crippen molar-refractivity contribution in [2.75, 3.05) is 6.61 Å². The summed E-state index contributed by atoms with van der Waals surface area (Å²) in [6, 6.07) is 0. The van der Waals surface area contributed by atoms with Crippen LogP contribution in [0.1, 0.15) is 0 Å². The first kappa shape index (κ1) is 22.5. The third-order valence-corrected chi connectivity index (χ3v) is 1.42. The van der Waals surface area contributed by atoms with Crippen molar-refractivity contribution in [2.45, 2.75) is 24.4 Å². The number of hydrogen-bond donors (Lipinski definition) is 5. The maximum Gasteiger partial charge on any atom is 1.00 e. The van der Waals surface area contributed by atoms with Gasteiger partial charge in [-0.3, -0.25) is 0 Å². The molecule has 10 nitrogen and oxygen atoms in total. The Bertz CT molecular complexity index is 212. The normalized spacial score (nSPS) is 16.3. The predicted octanol–water partition coefficient (Wildman–Crippen LogP) is -6.61. The van der Waals surface area contributed by atoms with E-state index >= 15 is 0 Å². The van der Waals surface area contributed by atoms with Gasteiger partial charge in [0.05, 0.1) is 11.7 Å². The second-order valence-electron chi connectivity index (χ2n) is 2.58. The van der Waals surface area contributed by atoms with Gasteiger partial charge >= 0.3 is 51.4 Å². The number of nitrogens with zero attached hydrogens (tertiary/aromatic N) is 1. The summed E-state index contributed by atoms with van der Waals surface area (Å²) in [4.78, 5) is 18.1. The Hall–Kier alpha value is 0.306. The van der Waals surface area contributed by atoms with Gasteiger partial charge in [-0.2, -0.15) is 0 Å². The largest absolute Gasteiger partial charge is 1.00 e. The number of rotatable bonds is 5. The molecule has 0 radical (unpaired) electrons. The SMILES string of the molecule is O=C[C@H](O)[C@@H](O)[C@H](O)[C@H](O)CO.O=[N+]([O-])[O-].[K+]. The van der Waals surface area contributed by atoms with Gasteiger partial charge in [0.25, 0.3) is 0 Å². The van der Waals surface area contributed by atoms with Crippen LogP contribution < -0.4 is 51.4 Å². The van der Waals surface area contributed by atoms with Gasteiger partial charge in [0, 0.05) is 0 Å². The number of aliphatic hydroxyl groups is 5. The van der Waals surface area contributed by atoms with Crippen LogP contribution in [0.2, 0.25) is 0 Å². The van der Waals surface area contributed by atoms with E-state index in [1.165, 1.54) is 0 Å². The Morgan fingerprint density at radius 1 is 1.12 bits per heavy atom. The standard InChI is InChI=1S/C6H12O6.K.NO3/c7-1-3(9)5(11)6(12)4(10)2-8;;2-1(3)4/h1,3-6,8-12H,2H2;;/q;+1;-1/t3-,4+,5+,6+;;/m0../s1. The van der Waals surface area contributed by atoms with Crippen molar-refractivity contribution in [3.05, 3.63) is 15.3 Å². The molecule has 0 aliphatic rings. The van der Waals surface area contributed by atoms with Crippen molar-refractivity contribution in [2.24, 2.45) is 0 Å². The molecular weight excluding hydrogens is 269 g/mol. The Kier molecular flexibility index (Phi) is 16.9. The number of aldehydes is 1. The van der Waals surface area contributed by atoms with Gasteiger partial charge in [-0.1, -0.05) is 0 Å². The number of carbonyl (C=O) groups is 1. The van der Waals surface area contributed by atoms with Crippen LogP contribution in [0.4, 0.5) is 0 Å². The Morgan fingerprint density at radius 2 is 1.47 bits per heavy atom. The molecule has 11 heteroatoms. The number of aliphatic hydroxyl groups excluding tert-OH is 5. The van der Waals surface area contributed by atoms with Crippen LogP contribution >= 0.6 is 0 Å². The fraction of sp³-hybridized carbons (Fsp3) is 0.833. The first-order valence-electron chi connectivity index (χ1n) is 3.87.